The predicted octanol–water partition coefficient (Wildman–Crippen LogP) is 4.02. The maximum Gasteiger partial charge on any atom is 0.0791 e. The Kier molecular flexibility index (Phi) is 5.93. The lowest BCUT2D eigenvalue weighted by Crippen LogP contribution is -2.45. The van der Waals surface area contributed by atoms with Crippen molar-refractivity contribution in [1.82, 2.24) is 15.2 Å². The summed E-state index contributed by atoms with van der Waals surface area (Å²) in [6.07, 6.45) is 1.94. The summed E-state index contributed by atoms with van der Waals surface area (Å²) < 4.78 is 0. The van der Waals surface area contributed by atoms with Gasteiger partial charge in [-0.25, -0.2) is 0 Å². The van der Waals surface area contributed by atoms with Crippen molar-refractivity contribution in [3.63, 3.8) is 0 Å². The molecule has 0 bridgehead atoms. The number of piperazine rings is 1. The van der Waals surface area contributed by atoms with Crippen molar-refractivity contribution >= 4 is 11.8 Å². The van der Waals surface area contributed by atoms with Gasteiger partial charge in [0.2, 0.25) is 0 Å². The molecule has 2 aliphatic rings. The van der Waals surface area contributed by atoms with Crippen molar-refractivity contribution in [2.45, 2.75) is 37.5 Å². The van der Waals surface area contributed by atoms with Gasteiger partial charge in [-0.05, 0) is 35.7 Å². The number of nitrogens with one attached hydrogen (secondary N) is 1. The van der Waals surface area contributed by atoms with Gasteiger partial charge in [-0.15, -0.1) is 11.8 Å². The molecule has 0 spiro atoms. The molecule has 3 nitrogen and oxygen atoms in total. The Morgan fingerprint density at radius 2 is 1.96 bits per heavy atom. The second-order valence-corrected chi connectivity index (χ2v) is 7.08. The van der Waals surface area contributed by atoms with Gasteiger partial charge in [0.1, 0.15) is 0 Å². The fourth-order valence-corrected chi connectivity index (χ4v) is 4.59. The van der Waals surface area contributed by atoms with E-state index in [1.165, 1.54) is 27.3 Å². The van der Waals surface area contributed by atoms with Crippen molar-refractivity contribution in [2.24, 2.45) is 0 Å². The third-order valence-electron chi connectivity index (χ3n) is 4.55. The summed E-state index contributed by atoms with van der Waals surface area (Å²) in [7, 11) is 0. The third kappa shape index (κ3) is 3.51. The molecule has 1 N–H and O–H groups in total. The molecule has 4 heteroatoms. The maximum absolute atomic E-state index is 4.78. The van der Waals surface area contributed by atoms with Gasteiger partial charge in [0, 0.05) is 43.0 Å². The second-order valence-electron chi connectivity index (χ2n) is 6.07. The maximum atomic E-state index is 4.78. The number of thioether (sulfide) groups is 1. The van der Waals surface area contributed by atoms with Crippen LogP contribution in [0, 0.1) is 6.92 Å². The Bertz CT molecular complexity index is 680. The van der Waals surface area contributed by atoms with Crippen LogP contribution >= 0.6 is 11.8 Å². The SMILES string of the molecule is CC.Cc1ccc2c(c1)SCc1cccnc1C2N1CCNCC1. The minimum Gasteiger partial charge on any atom is -0.314 e. The van der Waals surface area contributed by atoms with Crippen LogP contribution in [0.1, 0.15) is 42.3 Å². The molecule has 0 amide bonds. The van der Waals surface area contributed by atoms with Crippen LogP contribution in [0.2, 0.25) is 0 Å². The number of benzene rings is 1. The van der Waals surface area contributed by atoms with Gasteiger partial charge >= 0.3 is 0 Å². The molecule has 0 aliphatic carbocycles. The van der Waals surface area contributed by atoms with Gasteiger partial charge in [-0.2, -0.15) is 0 Å². The number of hydrogen-bond donors (Lipinski definition) is 1. The lowest BCUT2D eigenvalue weighted by Gasteiger charge is -2.35. The Hall–Kier alpha value is -1.36. The third-order valence-corrected chi connectivity index (χ3v) is 5.67. The molecule has 2 aromatic rings. The molecular formula is C20H27N3S. The number of fused-ring (bicyclic) bond motifs is 2. The summed E-state index contributed by atoms with van der Waals surface area (Å²) >= 11 is 1.95. The first-order chi connectivity index (χ1) is 11.8. The number of aryl methyl sites for hydroxylation is 1. The van der Waals surface area contributed by atoms with E-state index in [1.807, 2.05) is 31.8 Å². The van der Waals surface area contributed by atoms with E-state index < -0.39 is 0 Å². The Morgan fingerprint density at radius 3 is 2.75 bits per heavy atom. The van der Waals surface area contributed by atoms with Crippen LogP contribution in [0.4, 0.5) is 0 Å². The van der Waals surface area contributed by atoms with Crippen molar-refractivity contribution in [2.75, 3.05) is 26.2 Å². The van der Waals surface area contributed by atoms with Crippen LogP contribution in [0.5, 0.6) is 0 Å². The zero-order chi connectivity index (χ0) is 16.9. The summed E-state index contributed by atoms with van der Waals surface area (Å²) in [5.41, 5.74) is 5.39. The highest BCUT2D eigenvalue weighted by Crippen LogP contribution is 2.41. The first-order valence-electron chi connectivity index (χ1n) is 8.95. The molecule has 0 saturated carbocycles. The molecule has 3 heterocycles. The first kappa shape index (κ1) is 17.5. The van der Waals surface area contributed by atoms with Gasteiger partial charge in [-0.1, -0.05) is 32.0 Å². The van der Waals surface area contributed by atoms with E-state index in [1.54, 1.807) is 0 Å². The molecule has 128 valence electrons. The normalized spacial score (nSPS) is 20.2. The number of pyridine rings is 1. The number of aromatic nitrogens is 1. The summed E-state index contributed by atoms with van der Waals surface area (Å²) in [6.45, 7) is 10.5. The van der Waals surface area contributed by atoms with Crippen molar-refractivity contribution in [1.29, 1.82) is 0 Å². The lowest BCUT2D eigenvalue weighted by molar-refractivity contribution is 0.193. The molecule has 1 saturated heterocycles. The van der Waals surface area contributed by atoms with Crippen molar-refractivity contribution in [3.05, 3.63) is 58.9 Å². The lowest BCUT2D eigenvalue weighted by atomic mass is 9.97. The van der Waals surface area contributed by atoms with Crippen LogP contribution in [0.15, 0.2) is 41.4 Å². The molecule has 1 atom stereocenters. The van der Waals surface area contributed by atoms with Crippen LogP contribution in [-0.2, 0) is 5.75 Å². The van der Waals surface area contributed by atoms with Gasteiger partial charge in [0.05, 0.1) is 11.7 Å². The Morgan fingerprint density at radius 1 is 1.17 bits per heavy atom. The minimum atomic E-state index is 0.295. The minimum absolute atomic E-state index is 0.295. The van der Waals surface area contributed by atoms with E-state index in [2.05, 4.69) is 47.5 Å². The molecule has 1 fully saturated rings. The monoisotopic (exact) mass is 341 g/mol. The van der Waals surface area contributed by atoms with E-state index in [9.17, 15) is 0 Å². The number of nitrogens with zero attached hydrogens (tertiary/aromatic N) is 2. The molecule has 1 unspecified atom stereocenters. The fraction of sp³-hybridized carbons (Fsp3) is 0.450. The molecule has 1 aromatic heterocycles. The van der Waals surface area contributed by atoms with E-state index in [0.29, 0.717) is 6.04 Å². The number of hydrogen-bond acceptors (Lipinski definition) is 4. The second kappa shape index (κ2) is 8.15. The largest absolute Gasteiger partial charge is 0.314 e. The van der Waals surface area contributed by atoms with Gasteiger partial charge in [0.25, 0.3) is 0 Å². The molecular weight excluding hydrogens is 314 g/mol. The van der Waals surface area contributed by atoms with Crippen LogP contribution in [0.25, 0.3) is 0 Å². The first-order valence-corrected chi connectivity index (χ1v) is 9.93. The zero-order valence-electron chi connectivity index (χ0n) is 14.9. The smallest absolute Gasteiger partial charge is 0.0791 e. The van der Waals surface area contributed by atoms with Crippen LogP contribution < -0.4 is 5.32 Å². The van der Waals surface area contributed by atoms with E-state index in [4.69, 9.17) is 4.98 Å². The average Bonchev–Trinajstić information content (AvgIpc) is 2.81. The quantitative estimate of drug-likeness (QED) is 0.848. The fourth-order valence-electron chi connectivity index (χ4n) is 3.42. The van der Waals surface area contributed by atoms with Crippen molar-refractivity contribution in [3.8, 4) is 0 Å². The Labute approximate surface area is 149 Å². The molecule has 0 radical (unpaired) electrons. The van der Waals surface area contributed by atoms with E-state index >= 15 is 0 Å². The van der Waals surface area contributed by atoms with Crippen molar-refractivity contribution < 1.29 is 0 Å². The highest BCUT2D eigenvalue weighted by Gasteiger charge is 2.30. The molecule has 4 rings (SSSR count). The standard InChI is InChI=1S/C18H21N3S.C2H6/c1-13-4-5-15-16(11-13)22-12-14-3-2-6-20-17(14)18(15)21-9-7-19-8-10-21;1-2/h2-6,11,18-19H,7-10,12H2,1H3;1-2H3. The summed E-state index contributed by atoms with van der Waals surface area (Å²) in [6, 6.07) is 11.5. The van der Waals surface area contributed by atoms with E-state index in [-0.39, 0.29) is 0 Å². The highest BCUT2D eigenvalue weighted by molar-refractivity contribution is 7.98. The zero-order valence-corrected chi connectivity index (χ0v) is 15.7. The average molecular weight is 342 g/mol. The number of rotatable bonds is 1. The molecule has 2 aliphatic heterocycles. The summed E-state index contributed by atoms with van der Waals surface area (Å²) in [5.74, 6) is 1.02. The van der Waals surface area contributed by atoms with Gasteiger partial charge in [0.15, 0.2) is 0 Å². The topological polar surface area (TPSA) is 28.2 Å². The Balaban J connectivity index is 0.000000815. The van der Waals surface area contributed by atoms with Crippen LogP contribution in [-0.4, -0.2) is 36.1 Å². The van der Waals surface area contributed by atoms with Gasteiger partial charge < -0.3 is 5.32 Å². The molecule has 1 aromatic carbocycles. The molecule has 24 heavy (non-hydrogen) atoms. The summed E-state index contributed by atoms with van der Waals surface area (Å²) in [5, 5.41) is 3.46. The van der Waals surface area contributed by atoms with Gasteiger partial charge in [-0.3, -0.25) is 9.88 Å². The van der Waals surface area contributed by atoms with Crippen LogP contribution in [0.3, 0.4) is 0 Å². The predicted molar refractivity (Wildman–Crippen MR) is 103 cm³/mol. The van der Waals surface area contributed by atoms with E-state index in [0.717, 1.165) is 31.9 Å². The summed E-state index contributed by atoms with van der Waals surface area (Å²) in [4.78, 5) is 8.79. The highest BCUT2D eigenvalue weighted by atomic mass is 32.2.